The second-order valence-electron chi connectivity index (χ2n) is 6.27. The number of nitrogens with one attached hydrogen (secondary N) is 1. The third-order valence-electron chi connectivity index (χ3n) is 4.58. The van der Waals surface area contributed by atoms with Gasteiger partial charge in [0.25, 0.3) is 0 Å². The first kappa shape index (κ1) is 16.8. The monoisotopic (exact) mass is 359 g/mol. The van der Waals surface area contributed by atoms with Gasteiger partial charge >= 0.3 is 0 Å². The van der Waals surface area contributed by atoms with E-state index in [1.54, 1.807) is 6.20 Å². The first-order chi connectivity index (χ1) is 12.7. The second-order valence-corrected chi connectivity index (χ2v) is 6.27. The van der Waals surface area contributed by atoms with Crippen LogP contribution < -0.4 is 5.32 Å². The van der Waals surface area contributed by atoms with Gasteiger partial charge in [-0.1, -0.05) is 0 Å². The van der Waals surface area contributed by atoms with Gasteiger partial charge in [0.1, 0.15) is 17.7 Å². The Kier molecular flexibility index (Phi) is 4.50. The number of imidazole rings is 1. The van der Waals surface area contributed by atoms with E-state index in [0.29, 0.717) is 23.5 Å². The Balaban J connectivity index is 1.62. The highest BCUT2D eigenvalue weighted by atomic mass is 19.2. The van der Waals surface area contributed by atoms with Crippen molar-refractivity contribution < 1.29 is 13.5 Å². The lowest BCUT2D eigenvalue weighted by Gasteiger charge is -2.32. The molecule has 1 aliphatic rings. The highest BCUT2D eigenvalue weighted by Gasteiger charge is 2.31. The van der Waals surface area contributed by atoms with Crippen molar-refractivity contribution in [2.45, 2.75) is 38.5 Å². The van der Waals surface area contributed by atoms with E-state index in [4.69, 9.17) is 4.74 Å². The summed E-state index contributed by atoms with van der Waals surface area (Å²) in [4.78, 5) is 13.0. The van der Waals surface area contributed by atoms with E-state index in [2.05, 4.69) is 31.8 Å². The fourth-order valence-corrected chi connectivity index (χ4v) is 3.30. The molecule has 0 saturated carbocycles. The maximum atomic E-state index is 13.5. The van der Waals surface area contributed by atoms with Gasteiger partial charge in [-0.25, -0.2) is 18.7 Å². The number of benzene rings is 1. The molecule has 1 N–H and O–H groups in total. The van der Waals surface area contributed by atoms with Crippen LogP contribution in [0.4, 0.5) is 14.6 Å². The highest BCUT2D eigenvalue weighted by Crippen LogP contribution is 2.30. The van der Waals surface area contributed by atoms with Crippen LogP contribution >= 0.6 is 0 Å². The van der Waals surface area contributed by atoms with Crippen LogP contribution in [0.2, 0.25) is 0 Å². The van der Waals surface area contributed by atoms with Gasteiger partial charge in [0.2, 0.25) is 0 Å². The smallest absolute Gasteiger partial charge is 0.161 e. The fraction of sp³-hybridized carbons (Fsp3) is 0.389. The summed E-state index contributed by atoms with van der Waals surface area (Å²) in [5.74, 6) is -0.502. The number of halogens is 2. The quantitative estimate of drug-likeness (QED) is 0.773. The summed E-state index contributed by atoms with van der Waals surface area (Å²) in [5, 5.41) is 3.33. The number of hydrogen-bond acceptors (Lipinski definition) is 5. The van der Waals surface area contributed by atoms with Crippen LogP contribution in [-0.2, 0) is 11.3 Å². The number of rotatable bonds is 4. The van der Waals surface area contributed by atoms with Crippen LogP contribution in [0, 0.1) is 11.6 Å². The molecule has 4 rings (SSSR count). The van der Waals surface area contributed by atoms with E-state index < -0.39 is 11.6 Å². The van der Waals surface area contributed by atoms with Gasteiger partial charge in [-0.15, -0.1) is 0 Å². The van der Waals surface area contributed by atoms with Crippen LogP contribution in [0.3, 0.4) is 0 Å². The molecule has 3 heterocycles. The minimum atomic E-state index is -0.937. The topological polar surface area (TPSA) is 64.9 Å². The van der Waals surface area contributed by atoms with E-state index in [9.17, 15) is 8.78 Å². The van der Waals surface area contributed by atoms with E-state index in [-0.39, 0.29) is 12.1 Å². The van der Waals surface area contributed by atoms with E-state index in [0.717, 1.165) is 37.3 Å². The molecular formula is C18H19F2N5O. The largest absolute Gasteiger partial charge is 0.368 e. The van der Waals surface area contributed by atoms with Crippen LogP contribution in [0.25, 0.3) is 11.0 Å². The summed E-state index contributed by atoms with van der Waals surface area (Å²) < 4.78 is 34.8. The molecule has 26 heavy (non-hydrogen) atoms. The molecule has 0 unspecified atom stereocenters. The number of anilines is 1. The molecule has 8 heteroatoms. The average Bonchev–Trinajstić information content (AvgIpc) is 3.12. The van der Waals surface area contributed by atoms with Gasteiger partial charge in [-0.05, 0) is 19.8 Å². The zero-order valence-corrected chi connectivity index (χ0v) is 14.3. The predicted molar refractivity (Wildman–Crippen MR) is 92.7 cm³/mol. The molecule has 1 saturated heterocycles. The fourth-order valence-electron chi connectivity index (χ4n) is 3.30. The second kappa shape index (κ2) is 6.95. The van der Waals surface area contributed by atoms with Gasteiger partial charge in [0, 0.05) is 37.7 Å². The lowest BCUT2D eigenvalue weighted by atomic mass is 10.0. The summed E-state index contributed by atoms with van der Waals surface area (Å²) in [7, 11) is 0. The van der Waals surface area contributed by atoms with Crippen molar-refractivity contribution in [2.24, 2.45) is 0 Å². The van der Waals surface area contributed by atoms with Crippen LogP contribution in [0.5, 0.6) is 0 Å². The first-order valence-corrected chi connectivity index (χ1v) is 8.66. The van der Waals surface area contributed by atoms with Crippen LogP contribution in [0.15, 0.2) is 30.7 Å². The van der Waals surface area contributed by atoms with E-state index >= 15 is 0 Å². The molecule has 6 nitrogen and oxygen atoms in total. The highest BCUT2D eigenvalue weighted by molar-refractivity contribution is 5.75. The summed E-state index contributed by atoms with van der Waals surface area (Å²) in [6.07, 6.45) is 6.82. The van der Waals surface area contributed by atoms with Gasteiger partial charge in [-0.2, -0.15) is 0 Å². The normalized spacial score (nSPS) is 20.4. The summed E-state index contributed by atoms with van der Waals surface area (Å²) >= 11 is 0. The van der Waals surface area contributed by atoms with E-state index in [1.165, 1.54) is 6.20 Å². The predicted octanol–water partition coefficient (Wildman–Crippen LogP) is 3.46. The van der Waals surface area contributed by atoms with Crippen LogP contribution in [-0.4, -0.2) is 32.2 Å². The Morgan fingerprint density at radius 3 is 2.85 bits per heavy atom. The SMILES string of the molecule is CCn1ccnc1[C@H]1OCCC[C@@H]1Nc1cnc2cc(F)c(F)cc2n1. The first-order valence-electron chi connectivity index (χ1n) is 8.66. The Labute approximate surface area is 149 Å². The van der Waals surface area contributed by atoms with Crippen molar-refractivity contribution in [3.8, 4) is 0 Å². The van der Waals surface area contributed by atoms with Gasteiger partial charge in [0.05, 0.1) is 23.3 Å². The Hall–Kier alpha value is -2.61. The number of fused-ring (bicyclic) bond motifs is 1. The van der Waals surface area contributed by atoms with Crippen molar-refractivity contribution >= 4 is 16.9 Å². The molecule has 0 aliphatic carbocycles. The molecule has 1 aliphatic heterocycles. The Morgan fingerprint density at radius 1 is 1.23 bits per heavy atom. The summed E-state index contributed by atoms with van der Waals surface area (Å²) in [6, 6.07) is 2.07. The molecule has 2 atom stereocenters. The lowest BCUT2D eigenvalue weighted by Crippen LogP contribution is -2.35. The van der Waals surface area contributed by atoms with Crippen molar-refractivity contribution in [2.75, 3.05) is 11.9 Å². The third-order valence-corrected chi connectivity index (χ3v) is 4.58. The molecule has 3 aromatic rings. The van der Waals surface area contributed by atoms with E-state index in [1.807, 2.05) is 6.20 Å². The molecule has 0 bridgehead atoms. The van der Waals surface area contributed by atoms with Gasteiger partial charge in [0.15, 0.2) is 11.6 Å². The van der Waals surface area contributed by atoms with Crippen molar-refractivity contribution in [1.82, 2.24) is 19.5 Å². The van der Waals surface area contributed by atoms with Gasteiger partial charge in [-0.3, -0.25) is 4.98 Å². The minimum absolute atomic E-state index is 0.0338. The van der Waals surface area contributed by atoms with Crippen LogP contribution in [0.1, 0.15) is 31.7 Å². The molecule has 0 spiro atoms. The van der Waals surface area contributed by atoms with Gasteiger partial charge < -0.3 is 14.6 Å². The standard InChI is InChI=1S/C18H19F2N5O/c1-2-25-6-5-21-18(25)17-13(4-3-7-26-17)23-16-10-22-14-8-11(19)12(20)9-15(14)24-16/h5-6,8-10,13,17H,2-4,7H2,1H3,(H,23,24)/t13-,17-/m0/s1. The molecule has 0 amide bonds. The number of aryl methyl sites for hydroxylation is 1. The number of ether oxygens (including phenoxy) is 1. The summed E-state index contributed by atoms with van der Waals surface area (Å²) in [5.41, 5.74) is 0.615. The molecule has 136 valence electrons. The summed E-state index contributed by atoms with van der Waals surface area (Å²) in [6.45, 7) is 3.54. The molecule has 1 aromatic carbocycles. The van der Waals surface area contributed by atoms with Crippen molar-refractivity contribution in [3.05, 3.63) is 48.2 Å². The number of aromatic nitrogens is 4. The Morgan fingerprint density at radius 2 is 2.04 bits per heavy atom. The zero-order valence-electron chi connectivity index (χ0n) is 14.3. The Bertz CT molecular complexity index is 929. The zero-order chi connectivity index (χ0) is 18.1. The molecule has 2 aromatic heterocycles. The number of nitrogens with zero attached hydrogens (tertiary/aromatic N) is 4. The average molecular weight is 359 g/mol. The number of hydrogen-bond donors (Lipinski definition) is 1. The molecule has 1 fully saturated rings. The lowest BCUT2D eigenvalue weighted by molar-refractivity contribution is -0.00178. The third kappa shape index (κ3) is 3.12. The molecule has 0 radical (unpaired) electrons. The minimum Gasteiger partial charge on any atom is -0.368 e. The van der Waals surface area contributed by atoms with Crippen molar-refractivity contribution in [1.29, 1.82) is 0 Å². The van der Waals surface area contributed by atoms with Crippen molar-refractivity contribution in [3.63, 3.8) is 0 Å². The molecular weight excluding hydrogens is 340 g/mol. The maximum absolute atomic E-state index is 13.5. The maximum Gasteiger partial charge on any atom is 0.161 e.